The van der Waals surface area contributed by atoms with E-state index in [-0.39, 0.29) is 30.6 Å². The van der Waals surface area contributed by atoms with Crippen LogP contribution in [0.15, 0.2) is 47.8 Å². The minimum atomic E-state index is -3.35. The quantitative estimate of drug-likeness (QED) is 0.731. The number of carbonyl (C=O) groups is 1. The molecule has 1 amide bonds. The molecule has 0 bridgehead atoms. The summed E-state index contributed by atoms with van der Waals surface area (Å²) in [5, 5.41) is 4.50. The number of piperazine rings is 1. The van der Waals surface area contributed by atoms with Crippen molar-refractivity contribution in [3.05, 3.63) is 58.3 Å². The zero-order valence-electron chi connectivity index (χ0n) is 14.9. The predicted octanol–water partition coefficient (Wildman–Crippen LogP) is 2.05. The van der Waals surface area contributed by atoms with Crippen LogP contribution in [0.25, 0.3) is 0 Å². The van der Waals surface area contributed by atoms with Gasteiger partial charge in [0, 0.05) is 39.3 Å². The molecule has 0 saturated carbocycles. The molecular weight excluding hydrogens is 406 g/mol. The molecule has 6 nitrogen and oxygen atoms in total. The molecule has 0 unspecified atom stereocenters. The van der Waals surface area contributed by atoms with E-state index >= 15 is 0 Å². The molecule has 148 valence electrons. The van der Waals surface area contributed by atoms with Gasteiger partial charge in [-0.3, -0.25) is 9.69 Å². The standard InChI is InChI=1S/C18H23N3O3S2.ClH/c22-18(17-7-4-13-25-17)19-8-14-26(23,24)21-11-9-20(10-12-21)15-16-5-2-1-3-6-16;/h1-7,13H,8-12,14-15H2,(H,19,22);1H. The molecule has 0 atom stereocenters. The summed E-state index contributed by atoms with van der Waals surface area (Å²) >= 11 is 1.34. The molecule has 1 fully saturated rings. The van der Waals surface area contributed by atoms with Gasteiger partial charge in [0.2, 0.25) is 10.0 Å². The highest BCUT2D eigenvalue weighted by molar-refractivity contribution is 7.89. The number of nitrogens with zero attached hydrogens (tertiary/aromatic N) is 2. The molecule has 9 heteroatoms. The Hall–Kier alpha value is -1.45. The smallest absolute Gasteiger partial charge is 0.261 e. The molecule has 1 N–H and O–H groups in total. The van der Waals surface area contributed by atoms with Crippen LogP contribution in [0.3, 0.4) is 0 Å². The highest BCUT2D eigenvalue weighted by atomic mass is 35.5. The van der Waals surface area contributed by atoms with E-state index in [4.69, 9.17) is 0 Å². The Morgan fingerprint density at radius 3 is 2.37 bits per heavy atom. The molecule has 2 aromatic rings. The van der Waals surface area contributed by atoms with E-state index in [1.807, 2.05) is 23.6 Å². The number of amides is 1. The molecule has 0 spiro atoms. The SMILES string of the molecule is Cl.O=C(NCCS(=O)(=O)N1CCN(Cc2ccccc2)CC1)c1cccs1. The van der Waals surface area contributed by atoms with Gasteiger partial charge in [-0.05, 0) is 17.0 Å². The predicted molar refractivity (Wildman–Crippen MR) is 111 cm³/mol. The fourth-order valence-corrected chi connectivity index (χ4v) is 4.90. The highest BCUT2D eigenvalue weighted by Gasteiger charge is 2.26. The van der Waals surface area contributed by atoms with Gasteiger partial charge in [-0.25, -0.2) is 8.42 Å². The normalized spacial score (nSPS) is 15.9. The van der Waals surface area contributed by atoms with E-state index in [9.17, 15) is 13.2 Å². The molecule has 1 aliphatic rings. The molecule has 1 aliphatic heterocycles. The second kappa shape index (κ2) is 10.2. The first kappa shape index (κ1) is 21.8. The van der Waals surface area contributed by atoms with Crippen LogP contribution in [0.2, 0.25) is 0 Å². The van der Waals surface area contributed by atoms with Crippen LogP contribution >= 0.6 is 23.7 Å². The summed E-state index contributed by atoms with van der Waals surface area (Å²) in [5.41, 5.74) is 1.24. The summed E-state index contributed by atoms with van der Waals surface area (Å²) < 4.78 is 26.5. The van der Waals surface area contributed by atoms with Crippen molar-refractivity contribution in [2.45, 2.75) is 6.54 Å². The Morgan fingerprint density at radius 1 is 1.04 bits per heavy atom. The van der Waals surface area contributed by atoms with Crippen LogP contribution in [-0.2, 0) is 16.6 Å². The topological polar surface area (TPSA) is 69.7 Å². The number of sulfonamides is 1. The van der Waals surface area contributed by atoms with Crippen molar-refractivity contribution in [1.82, 2.24) is 14.5 Å². The van der Waals surface area contributed by atoms with Gasteiger partial charge >= 0.3 is 0 Å². The first-order chi connectivity index (χ1) is 12.5. The summed E-state index contributed by atoms with van der Waals surface area (Å²) in [6, 6.07) is 13.7. The lowest BCUT2D eigenvalue weighted by Crippen LogP contribution is -2.49. The Bertz CT molecular complexity index is 806. The average molecular weight is 430 g/mol. The third-order valence-corrected chi connectivity index (χ3v) is 7.10. The number of carbonyl (C=O) groups excluding carboxylic acids is 1. The number of benzene rings is 1. The third-order valence-electron chi connectivity index (χ3n) is 4.36. The van der Waals surface area contributed by atoms with Crippen molar-refractivity contribution in [2.24, 2.45) is 0 Å². The van der Waals surface area contributed by atoms with Crippen LogP contribution in [0.1, 0.15) is 15.2 Å². The van der Waals surface area contributed by atoms with Crippen LogP contribution < -0.4 is 5.32 Å². The van der Waals surface area contributed by atoms with Gasteiger partial charge in [-0.2, -0.15) is 4.31 Å². The summed E-state index contributed by atoms with van der Waals surface area (Å²) in [6.45, 7) is 3.39. The Balaban J connectivity index is 0.00000261. The van der Waals surface area contributed by atoms with Crippen molar-refractivity contribution in [3.63, 3.8) is 0 Å². The van der Waals surface area contributed by atoms with Gasteiger partial charge in [-0.15, -0.1) is 23.7 Å². The maximum atomic E-state index is 12.5. The largest absolute Gasteiger partial charge is 0.350 e. The van der Waals surface area contributed by atoms with Gasteiger partial charge in [0.1, 0.15) is 0 Å². The molecule has 1 saturated heterocycles. The maximum Gasteiger partial charge on any atom is 0.261 e. The molecule has 2 heterocycles. The van der Waals surface area contributed by atoms with E-state index in [2.05, 4.69) is 22.3 Å². The Kier molecular flexibility index (Phi) is 8.25. The Morgan fingerprint density at radius 2 is 1.74 bits per heavy atom. The minimum absolute atomic E-state index is 0. The fourth-order valence-electron chi connectivity index (χ4n) is 2.92. The van der Waals surface area contributed by atoms with Crippen molar-refractivity contribution in [1.29, 1.82) is 0 Å². The van der Waals surface area contributed by atoms with Gasteiger partial charge < -0.3 is 5.32 Å². The van der Waals surface area contributed by atoms with Crippen LogP contribution in [0.5, 0.6) is 0 Å². The molecule has 1 aromatic carbocycles. The molecule has 3 rings (SSSR count). The lowest BCUT2D eigenvalue weighted by Gasteiger charge is -2.34. The molecular formula is C18H24ClN3O3S2. The number of hydrogen-bond acceptors (Lipinski definition) is 5. The van der Waals surface area contributed by atoms with E-state index in [0.717, 1.165) is 19.6 Å². The Labute approximate surface area is 170 Å². The van der Waals surface area contributed by atoms with E-state index < -0.39 is 10.0 Å². The third kappa shape index (κ3) is 6.29. The van der Waals surface area contributed by atoms with E-state index in [1.165, 1.54) is 21.2 Å². The maximum absolute atomic E-state index is 12.5. The second-order valence-corrected chi connectivity index (χ2v) is 9.25. The lowest BCUT2D eigenvalue weighted by atomic mass is 10.2. The first-order valence-electron chi connectivity index (χ1n) is 8.60. The molecule has 1 aromatic heterocycles. The fraction of sp³-hybridized carbons (Fsp3) is 0.389. The van der Waals surface area contributed by atoms with Crippen LogP contribution in [-0.4, -0.2) is 62.0 Å². The van der Waals surface area contributed by atoms with Gasteiger partial charge in [0.25, 0.3) is 5.91 Å². The van der Waals surface area contributed by atoms with Crippen LogP contribution in [0, 0.1) is 0 Å². The zero-order chi connectivity index (χ0) is 18.4. The summed E-state index contributed by atoms with van der Waals surface area (Å²) in [7, 11) is -3.35. The highest BCUT2D eigenvalue weighted by Crippen LogP contribution is 2.12. The molecule has 27 heavy (non-hydrogen) atoms. The number of thiophene rings is 1. The minimum Gasteiger partial charge on any atom is -0.350 e. The number of rotatable bonds is 7. The summed E-state index contributed by atoms with van der Waals surface area (Å²) in [5.74, 6) is -0.286. The monoisotopic (exact) mass is 429 g/mol. The lowest BCUT2D eigenvalue weighted by molar-refractivity contribution is 0.0960. The van der Waals surface area contributed by atoms with Crippen molar-refractivity contribution in [3.8, 4) is 0 Å². The summed E-state index contributed by atoms with van der Waals surface area (Å²) in [4.78, 5) is 14.7. The van der Waals surface area contributed by atoms with Gasteiger partial charge in [0.05, 0.1) is 10.6 Å². The van der Waals surface area contributed by atoms with Crippen molar-refractivity contribution in [2.75, 3.05) is 38.5 Å². The van der Waals surface area contributed by atoms with Gasteiger partial charge in [0.15, 0.2) is 0 Å². The molecule has 0 aliphatic carbocycles. The van der Waals surface area contributed by atoms with Crippen LogP contribution in [0.4, 0.5) is 0 Å². The van der Waals surface area contributed by atoms with Crippen molar-refractivity contribution < 1.29 is 13.2 Å². The number of nitrogens with one attached hydrogen (secondary N) is 1. The first-order valence-corrected chi connectivity index (χ1v) is 11.1. The number of hydrogen-bond donors (Lipinski definition) is 1. The summed E-state index contributed by atoms with van der Waals surface area (Å²) in [6.07, 6.45) is 0. The van der Waals surface area contributed by atoms with E-state index in [0.29, 0.717) is 18.0 Å². The zero-order valence-corrected chi connectivity index (χ0v) is 17.4. The molecule has 0 radical (unpaired) electrons. The van der Waals surface area contributed by atoms with Gasteiger partial charge in [-0.1, -0.05) is 36.4 Å². The number of halogens is 1. The average Bonchev–Trinajstić information content (AvgIpc) is 3.18. The van der Waals surface area contributed by atoms with E-state index in [1.54, 1.807) is 12.1 Å². The second-order valence-electron chi connectivity index (χ2n) is 6.21. The van der Waals surface area contributed by atoms with Crippen molar-refractivity contribution >= 4 is 39.7 Å².